The Morgan fingerprint density at radius 1 is 1.38 bits per heavy atom. The van der Waals surface area contributed by atoms with E-state index < -0.39 is 11.5 Å². The van der Waals surface area contributed by atoms with E-state index in [1.54, 1.807) is 36.1 Å². The average Bonchev–Trinajstić information content (AvgIpc) is 3.28. The molecule has 2 aromatic heterocycles. The minimum absolute atomic E-state index is 0.0195. The van der Waals surface area contributed by atoms with E-state index in [1.165, 1.54) is 7.11 Å². The Morgan fingerprint density at radius 3 is 2.96 bits per heavy atom. The number of para-hydroxylation sites is 1. The molecule has 26 heavy (non-hydrogen) atoms. The van der Waals surface area contributed by atoms with E-state index in [4.69, 9.17) is 13.7 Å². The molecule has 1 aromatic carbocycles. The van der Waals surface area contributed by atoms with E-state index in [2.05, 4.69) is 10.1 Å². The summed E-state index contributed by atoms with van der Waals surface area (Å²) in [6.45, 7) is 2.24. The Hall–Kier alpha value is -3.16. The first-order valence-electron chi connectivity index (χ1n) is 8.30. The lowest BCUT2D eigenvalue weighted by Crippen LogP contribution is -2.33. The number of aromatic nitrogens is 2. The Kier molecular flexibility index (Phi) is 3.95. The SMILES string of the molecule is COc1cccc2cc(C(=O)N3CCCC3c3nc(C)no3)c(=O)oc12. The number of nitrogens with zero attached hydrogens (tertiary/aromatic N) is 3. The standard InChI is InChI=1S/C18H17N3O5/c1-10-19-16(26-20-10)13-6-4-8-21(13)17(22)12-9-11-5-3-7-14(24-2)15(11)25-18(12)23/h3,5,7,9,13H,4,6,8H2,1-2H3. The van der Waals surface area contributed by atoms with Crippen molar-refractivity contribution in [3.05, 3.63) is 52.0 Å². The summed E-state index contributed by atoms with van der Waals surface area (Å²) >= 11 is 0. The number of carbonyl (C=O) groups is 1. The second-order valence-corrected chi connectivity index (χ2v) is 6.16. The van der Waals surface area contributed by atoms with Gasteiger partial charge in [-0.2, -0.15) is 4.98 Å². The van der Waals surface area contributed by atoms with Gasteiger partial charge in [0.2, 0.25) is 5.89 Å². The van der Waals surface area contributed by atoms with Crippen molar-refractivity contribution in [2.24, 2.45) is 0 Å². The van der Waals surface area contributed by atoms with Crippen LogP contribution in [0, 0.1) is 6.92 Å². The molecule has 8 nitrogen and oxygen atoms in total. The third-order valence-electron chi connectivity index (χ3n) is 4.52. The van der Waals surface area contributed by atoms with E-state index in [9.17, 15) is 9.59 Å². The molecule has 4 rings (SSSR count). The number of benzene rings is 1. The molecule has 0 aliphatic carbocycles. The molecule has 1 atom stereocenters. The van der Waals surface area contributed by atoms with Gasteiger partial charge in [-0.3, -0.25) is 4.79 Å². The number of hydrogen-bond donors (Lipinski definition) is 0. The highest BCUT2D eigenvalue weighted by Gasteiger charge is 2.35. The molecule has 0 spiro atoms. The van der Waals surface area contributed by atoms with Gasteiger partial charge < -0.3 is 18.6 Å². The fourth-order valence-electron chi connectivity index (χ4n) is 3.30. The van der Waals surface area contributed by atoms with Crippen molar-refractivity contribution in [1.82, 2.24) is 15.0 Å². The van der Waals surface area contributed by atoms with Crippen molar-refractivity contribution in [1.29, 1.82) is 0 Å². The number of rotatable bonds is 3. The monoisotopic (exact) mass is 355 g/mol. The minimum atomic E-state index is -0.695. The van der Waals surface area contributed by atoms with Crippen molar-refractivity contribution in [2.45, 2.75) is 25.8 Å². The van der Waals surface area contributed by atoms with Gasteiger partial charge in [0.05, 0.1) is 7.11 Å². The zero-order chi connectivity index (χ0) is 18.3. The number of methoxy groups -OCH3 is 1. The smallest absolute Gasteiger partial charge is 0.349 e. The molecule has 1 fully saturated rings. The van der Waals surface area contributed by atoms with Crippen LogP contribution in [0.15, 0.2) is 38.0 Å². The zero-order valence-electron chi connectivity index (χ0n) is 14.4. The number of carbonyl (C=O) groups excluding carboxylic acids is 1. The predicted octanol–water partition coefficient (Wildman–Crippen LogP) is 2.47. The van der Waals surface area contributed by atoms with Gasteiger partial charge >= 0.3 is 5.63 Å². The highest BCUT2D eigenvalue weighted by atomic mass is 16.5. The van der Waals surface area contributed by atoms with Crippen molar-refractivity contribution in [3.8, 4) is 5.75 Å². The third-order valence-corrected chi connectivity index (χ3v) is 4.52. The number of fused-ring (bicyclic) bond motifs is 1. The van der Waals surface area contributed by atoms with E-state index in [-0.39, 0.29) is 11.6 Å². The Balaban J connectivity index is 1.74. The maximum absolute atomic E-state index is 13.0. The molecule has 134 valence electrons. The van der Waals surface area contributed by atoms with Crippen LogP contribution < -0.4 is 10.4 Å². The summed E-state index contributed by atoms with van der Waals surface area (Å²) in [4.78, 5) is 31.2. The van der Waals surface area contributed by atoms with Crippen LogP contribution in [0.3, 0.4) is 0 Å². The van der Waals surface area contributed by atoms with Crippen LogP contribution in [0.4, 0.5) is 0 Å². The van der Waals surface area contributed by atoms with Crippen LogP contribution in [0.1, 0.15) is 41.0 Å². The highest BCUT2D eigenvalue weighted by Crippen LogP contribution is 2.32. The molecule has 0 radical (unpaired) electrons. The van der Waals surface area contributed by atoms with Gasteiger partial charge in [-0.1, -0.05) is 17.3 Å². The van der Waals surface area contributed by atoms with Crippen LogP contribution in [0.2, 0.25) is 0 Å². The molecule has 0 N–H and O–H groups in total. The summed E-state index contributed by atoms with van der Waals surface area (Å²) in [6, 6.07) is 6.45. The summed E-state index contributed by atoms with van der Waals surface area (Å²) in [5, 5.41) is 4.41. The normalized spacial score (nSPS) is 17.0. The van der Waals surface area contributed by atoms with Gasteiger partial charge in [-0.15, -0.1) is 0 Å². The summed E-state index contributed by atoms with van der Waals surface area (Å²) in [6.07, 6.45) is 1.50. The fourth-order valence-corrected chi connectivity index (χ4v) is 3.30. The molecule has 8 heteroatoms. The number of likely N-dealkylation sites (tertiary alicyclic amines) is 1. The molecule has 1 unspecified atom stereocenters. The predicted molar refractivity (Wildman–Crippen MR) is 91.1 cm³/mol. The first-order chi connectivity index (χ1) is 12.6. The van der Waals surface area contributed by atoms with Gasteiger partial charge in [-0.25, -0.2) is 4.79 Å². The Bertz CT molecular complexity index is 1040. The minimum Gasteiger partial charge on any atom is -0.493 e. The summed E-state index contributed by atoms with van der Waals surface area (Å²) in [5.41, 5.74) is -0.393. The van der Waals surface area contributed by atoms with Gasteiger partial charge in [-0.05, 0) is 31.9 Å². The Morgan fingerprint density at radius 2 is 2.23 bits per heavy atom. The molecule has 1 aliphatic rings. The average molecular weight is 355 g/mol. The lowest BCUT2D eigenvalue weighted by atomic mass is 10.1. The van der Waals surface area contributed by atoms with E-state index in [0.717, 1.165) is 6.42 Å². The van der Waals surface area contributed by atoms with Gasteiger partial charge in [0, 0.05) is 11.9 Å². The molecule has 1 amide bonds. The van der Waals surface area contributed by atoms with E-state index >= 15 is 0 Å². The number of aryl methyl sites for hydroxylation is 1. The molecular weight excluding hydrogens is 338 g/mol. The van der Waals surface area contributed by atoms with Gasteiger partial charge in [0.25, 0.3) is 5.91 Å². The molecule has 0 bridgehead atoms. The second-order valence-electron chi connectivity index (χ2n) is 6.16. The van der Waals surface area contributed by atoms with Crippen LogP contribution >= 0.6 is 0 Å². The number of amides is 1. The summed E-state index contributed by atoms with van der Waals surface area (Å²) in [7, 11) is 1.50. The fraction of sp³-hybridized carbons (Fsp3) is 0.333. The zero-order valence-corrected chi connectivity index (χ0v) is 14.4. The van der Waals surface area contributed by atoms with Crippen LogP contribution in [0.5, 0.6) is 5.75 Å². The maximum atomic E-state index is 13.0. The highest BCUT2D eigenvalue weighted by molar-refractivity contribution is 5.97. The third kappa shape index (κ3) is 2.63. The second kappa shape index (κ2) is 6.29. The quantitative estimate of drug-likeness (QED) is 0.666. The van der Waals surface area contributed by atoms with E-state index in [1.807, 2.05) is 0 Å². The van der Waals surface area contributed by atoms with Crippen LogP contribution in [0.25, 0.3) is 11.0 Å². The molecule has 1 saturated heterocycles. The topological polar surface area (TPSA) is 98.7 Å². The van der Waals surface area contributed by atoms with Crippen molar-refractivity contribution >= 4 is 16.9 Å². The maximum Gasteiger partial charge on any atom is 0.349 e. The van der Waals surface area contributed by atoms with Crippen molar-refractivity contribution in [2.75, 3.05) is 13.7 Å². The molecule has 3 heterocycles. The van der Waals surface area contributed by atoms with E-state index in [0.29, 0.717) is 41.4 Å². The molecular formula is C18H17N3O5. The lowest BCUT2D eigenvalue weighted by molar-refractivity contribution is 0.0706. The lowest BCUT2D eigenvalue weighted by Gasteiger charge is -2.21. The van der Waals surface area contributed by atoms with Crippen LogP contribution in [-0.4, -0.2) is 34.6 Å². The van der Waals surface area contributed by atoms with Crippen LogP contribution in [-0.2, 0) is 0 Å². The summed E-state index contributed by atoms with van der Waals surface area (Å²) in [5.74, 6) is 0.942. The largest absolute Gasteiger partial charge is 0.493 e. The summed E-state index contributed by atoms with van der Waals surface area (Å²) < 4.78 is 15.8. The molecule has 3 aromatic rings. The van der Waals surface area contributed by atoms with Gasteiger partial charge in [0.15, 0.2) is 17.2 Å². The van der Waals surface area contributed by atoms with Crippen molar-refractivity contribution in [3.63, 3.8) is 0 Å². The molecule has 1 aliphatic heterocycles. The van der Waals surface area contributed by atoms with Gasteiger partial charge in [0.1, 0.15) is 11.6 Å². The number of ether oxygens (including phenoxy) is 1. The Labute approximate surface area is 148 Å². The molecule has 0 saturated carbocycles. The number of hydrogen-bond acceptors (Lipinski definition) is 7. The first-order valence-corrected chi connectivity index (χ1v) is 8.30. The first kappa shape index (κ1) is 16.3. The van der Waals surface area contributed by atoms with Crippen molar-refractivity contribution < 1.29 is 18.5 Å².